The second-order valence-corrected chi connectivity index (χ2v) is 4.97. The van der Waals surface area contributed by atoms with Crippen LogP contribution in [0.3, 0.4) is 0 Å². The molecule has 0 unspecified atom stereocenters. The molecule has 0 aliphatic rings. The number of benzene rings is 2. The normalized spacial score (nSPS) is 10.6. The van der Waals surface area contributed by atoms with Gasteiger partial charge in [-0.2, -0.15) is 0 Å². The molecule has 0 saturated carbocycles. The molecule has 0 amide bonds. The molecule has 19 heavy (non-hydrogen) atoms. The molecule has 0 aliphatic heterocycles. The second-order valence-electron chi connectivity index (χ2n) is 4.12. The standard InChI is InChI=1S/C15H10Cl2N2/c16-11-6-7-13(17)12(8-11)15-18-9-14(19-15)10-4-2-1-3-5-10/h1-9H,(H,18,19). The fraction of sp³-hybridized carbons (Fsp3) is 0. The number of rotatable bonds is 2. The third kappa shape index (κ3) is 2.50. The third-order valence-corrected chi connectivity index (χ3v) is 3.40. The number of halogens is 2. The molecule has 0 fully saturated rings. The Bertz CT molecular complexity index is 705. The molecule has 0 bridgehead atoms. The van der Waals surface area contributed by atoms with Gasteiger partial charge >= 0.3 is 0 Å². The highest BCUT2D eigenvalue weighted by Gasteiger charge is 2.09. The molecule has 2 aromatic carbocycles. The Labute approximate surface area is 121 Å². The number of aromatic nitrogens is 2. The van der Waals surface area contributed by atoms with Gasteiger partial charge in [-0.25, -0.2) is 4.98 Å². The fourth-order valence-electron chi connectivity index (χ4n) is 1.90. The maximum atomic E-state index is 6.17. The lowest BCUT2D eigenvalue weighted by molar-refractivity contribution is 1.31. The lowest BCUT2D eigenvalue weighted by Crippen LogP contribution is -1.83. The zero-order chi connectivity index (χ0) is 13.2. The van der Waals surface area contributed by atoms with Gasteiger partial charge in [-0.05, 0) is 18.2 Å². The summed E-state index contributed by atoms with van der Waals surface area (Å²) in [7, 11) is 0. The van der Waals surface area contributed by atoms with Gasteiger partial charge in [0.25, 0.3) is 0 Å². The Hall–Kier alpha value is -1.77. The van der Waals surface area contributed by atoms with Crippen molar-refractivity contribution in [1.82, 2.24) is 9.97 Å². The van der Waals surface area contributed by atoms with E-state index in [9.17, 15) is 0 Å². The van der Waals surface area contributed by atoms with Crippen LogP contribution in [0.5, 0.6) is 0 Å². The summed E-state index contributed by atoms with van der Waals surface area (Å²) < 4.78 is 0. The smallest absolute Gasteiger partial charge is 0.139 e. The maximum absolute atomic E-state index is 6.17. The summed E-state index contributed by atoms with van der Waals surface area (Å²) in [5.74, 6) is 0.714. The predicted molar refractivity (Wildman–Crippen MR) is 79.5 cm³/mol. The van der Waals surface area contributed by atoms with E-state index in [0.29, 0.717) is 15.9 Å². The van der Waals surface area contributed by atoms with Crippen molar-refractivity contribution in [2.75, 3.05) is 0 Å². The molecule has 4 heteroatoms. The number of hydrogen-bond acceptors (Lipinski definition) is 1. The topological polar surface area (TPSA) is 28.7 Å². The number of imidazole rings is 1. The summed E-state index contributed by atoms with van der Waals surface area (Å²) in [4.78, 5) is 7.69. The number of hydrogen-bond donors (Lipinski definition) is 1. The van der Waals surface area contributed by atoms with E-state index in [-0.39, 0.29) is 0 Å². The van der Waals surface area contributed by atoms with E-state index in [4.69, 9.17) is 23.2 Å². The molecule has 0 spiro atoms. The summed E-state index contributed by atoms with van der Waals surface area (Å²) >= 11 is 12.2. The number of nitrogens with one attached hydrogen (secondary N) is 1. The molecule has 1 aromatic heterocycles. The summed E-state index contributed by atoms with van der Waals surface area (Å²) in [6, 6.07) is 15.3. The molecule has 2 nitrogen and oxygen atoms in total. The molecule has 0 atom stereocenters. The molecular weight excluding hydrogens is 279 g/mol. The molecule has 3 rings (SSSR count). The highest BCUT2D eigenvalue weighted by molar-refractivity contribution is 6.35. The first-order valence-corrected chi connectivity index (χ1v) is 6.56. The average Bonchev–Trinajstić information content (AvgIpc) is 2.92. The zero-order valence-electron chi connectivity index (χ0n) is 9.90. The maximum Gasteiger partial charge on any atom is 0.139 e. The van der Waals surface area contributed by atoms with Crippen LogP contribution in [0.15, 0.2) is 54.7 Å². The van der Waals surface area contributed by atoms with Gasteiger partial charge in [0.2, 0.25) is 0 Å². The van der Waals surface area contributed by atoms with Crippen LogP contribution in [0.25, 0.3) is 22.6 Å². The minimum absolute atomic E-state index is 0.623. The van der Waals surface area contributed by atoms with Crippen molar-refractivity contribution in [2.24, 2.45) is 0 Å². The van der Waals surface area contributed by atoms with Crippen molar-refractivity contribution in [1.29, 1.82) is 0 Å². The number of nitrogens with zero attached hydrogens (tertiary/aromatic N) is 1. The molecule has 94 valence electrons. The summed E-state index contributed by atoms with van der Waals surface area (Å²) in [5.41, 5.74) is 2.74. The summed E-state index contributed by atoms with van der Waals surface area (Å²) in [5, 5.41) is 1.26. The number of H-pyrrole nitrogens is 1. The van der Waals surface area contributed by atoms with Gasteiger partial charge in [-0.3, -0.25) is 0 Å². The van der Waals surface area contributed by atoms with Crippen molar-refractivity contribution in [3.63, 3.8) is 0 Å². The monoisotopic (exact) mass is 288 g/mol. The van der Waals surface area contributed by atoms with Crippen LogP contribution in [0.4, 0.5) is 0 Å². The molecule has 0 radical (unpaired) electrons. The molecule has 0 aliphatic carbocycles. The van der Waals surface area contributed by atoms with E-state index in [1.54, 1.807) is 18.2 Å². The third-order valence-electron chi connectivity index (χ3n) is 2.83. The first-order chi connectivity index (χ1) is 9.24. The Morgan fingerprint density at radius 3 is 2.53 bits per heavy atom. The molecule has 3 aromatic rings. The predicted octanol–water partition coefficient (Wildman–Crippen LogP) is 5.05. The van der Waals surface area contributed by atoms with Gasteiger partial charge in [0.15, 0.2) is 0 Å². The van der Waals surface area contributed by atoms with Gasteiger partial charge in [0.05, 0.1) is 10.7 Å². The first kappa shape index (κ1) is 12.3. The minimum atomic E-state index is 0.623. The summed E-state index contributed by atoms with van der Waals surface area (Å²) in [6.45, 7) is 0. The Morgan fingerprint density at radius 2 is 1.74 bits per heavy atom. The fourth-order valence-corrected chi connectivity index (χ4v) is 2.27. The van der Waals surface area contributed by atoms with Gasteiger partial charge in [0, 0.05) is 22.3 Å². The van der Waals surface area contributed by atoms with E-state index >= 15 is 0 Å². The van der Waals surface area contributed by atoms with Gasteiger partial charge in [-0.15, -0.1) is 0 Å². The van der Waals surface area contributed by atoms with E-state index in [2.05, 4.69) is 9.97 Å². The van der Waals surface area contributed by atoms with E-state index in [1.165, 1.54) is 0 Å². The van der Waals surface area contributed by atoms with Crippen LogP contribution < -0.4 is 0 Å². The van der Waals surface area contributed by atoms with Crippen LogP contribution in [0, 0.1) is 0 Å². The van der Waals surface area contributed by atoms with Crippen LogP contribution in [0.1, 0.15) is 0 Å². The number of aromatic amines is 1. The quantitative estimate of drug-likeness (QED) is 0.702. The molecular formula is C15H10Cl2N2. The van der Waals surface area contributed by atoms with E-state index < -0.39 is 0 Å². The van der Waals surface area contributed by atoms with E-state index in [0.717, 1.165) is 16.8 Å². The van der Waals surface area contributed by atoms with Gasteiger partial charge in [-0.1, -0.05) is 53.5 Å². The van der Waals surface area contributed by atoms with Crippen LogP contribution in [-0.2, 0) is 0 Å². The Balaban J connectivity index is 2.04. The van der Waals surface area contributed by atoms with Crippen molar-refractivity contribution in [2.45, 2.75) is 0 Å². The van der Waals surface area contributed by atoms with Crippen molar-refractivity contribution >= 4 is 23.2 Å². The lowest BCUT2D eigenvalue weighted by atomic mass is 10.2. The van der Waals surface area contributed by atoms with Gasteiger partial charge in [0.1, 0.15) is 5.82 Å². The van der Waals surface area contributed by atoms with E-state index in [1.807, 2.05) is 36.5 Å². The zero-order valence-corrected chi connectivity index (χ0v) is 11.4. The average molecular weight is 289 g/mol. The highest BCUT2D eigenvalue weighted by Crippen LogP contribution is 2.30. The Kier molecular flexibility index (Phi) is 3.28. The second kappa shape index (κ2) is 5.08. The van der Waals surface area contributed by atoms with Gasteiger partial charge < -0.3 is 4.98 Å². The van der Waals surface area contributed by atoms with Crippen LogP contribution >= 0.6 is 23.2 Å². The molecule has 0 saturated heterocycles. The Morgan fingerprint density at radius 1 is 0.947 bits per heavy atom. The van der Waals surface area contributed by atoms with Crippen molar-refractivity contribution in [3.8, 4) is 22.6 Å². The van der Waals surface area contributed by atoms with Crippen molar-refractivity contribution < 1.29 is 0 Å². The summed E-state index contributed by atoms with van der Waals surface area (Å²) in [6.07, 6.45) is 1.86. The van der Waals surface area contributed by atoms with Crippen molar-refractivity contribution in [3.05, 3.63) is 64.8 Å². The largest absolute Gasteiger partial charge is 0.344 e. The van der Waals surface area contributed by atoms with Crippen LogP contribution in [-0.4, -0.2) is 9.97 Å². The highest BCUT2D eigenvalue weighted by atomic mass is 35.5. The molecule has 1 N–H and O–H groups in total. The lowest BCUT2D eigenvalue weighted by Gasteiger charge is -2.01. The SMILES string of the molecule is Clc1ccc(Cl)c(-c2nc(-c3ccccc3)c[nH]2)c1. The molecule has 1 heterocycles. The minimum Gasteiger partial charge on any atom is -0.344 e. The first-order valence-electron chi connectivity index (χ1n) is 5.80. The van der Waals surface area contributed by atoms with Crippen LogP contribution in [0.2, 0.25) is 10.0 Å².